The number of hydrogen-bond acceptors (Lipinski definition) is 4. The van der Waals surface area contributed by atoms with E-state index in [4.69, 9.17) is 0 Å². The van der Waals surface area contributed by atoms with Crippen LogP contribution in [0, 0.1) is 0 Å². The fraction of sp³-hybridized carbons (Fsp3) is 0.156. The van der Waals surface area contributed by atoms with Gasteiger partial charge in [-0.25, -0.2) is 8.42 Å². The number of carbonyl (C=O) groups is 1. The van der Waals surface area contributed by atoms with Gasteiger partial charge in [0.2, 0.25) is 0 Å². The van der Waals surface area contributed by atoms with Crippen molar-refractivity contribution in [1.82, 2.24) is 10.3 Å². The van der Waals surface area contributed by atoms with Gasteiger partial charge in [0.25, 0.3) is 15.9 Å². The molecule has 0 bridgehead atoms. The van der Waals surface area contributed by atoms with E-state index in [1.54, 1.807) is 36.4 Å². The second-order valence-corrected chi connectivity index (χ2v) is 11.8. The minimum Gasteiger partial charge on any atom is -0.378 e. The van der Waals surface area contributed by atoms with Crippen LogP contribution < -0.4 is 14.5 Å². The first-order valence-electron chi connectivity index (χ1n) is 13.0. The minimum atomic E-state index is -3.76. The van der Waals surface area contributed by atoms with Crippen LogP contribution in [-0.2, 0) is 10.0 Å². The number of aromatic nitrogens is 1. The lowest BCUT2D eigenvalue weighted by Gasteiger charge is -2.20. The van der Waals surface area contributed by atoms with Crippen LogP contribution in [0.25, 0.3) is 10.9 Å². The summed E-state index contributed by atoms with van der Waals surface area (Å²) in [5.41, 5.74) is 5.27. The highest BCUT2D eigenvalue weighted by atomic mass is 32.2. The molecule has 5 rings (SSSR count). The summed E-state index contributed by atoms with van der Waals surface area (Å²) in [6, 6.07) is 31.4. The molecular formula is C32H32N4O3S. The molecule has 0 aliphatic heterocycles. The topological polar surface area (TPSA) is 85.5 Å². The van der Waals surface area contributed by atoms with Gasteiger partial charge in [0.15, 0.2) is 0 Å². The van der Waals surface area contributed by atoms with E-state index in [9.17, 15) is 13.2 Å². The monoisotopic (exact) mass is 552 g/mol. The van der Waals surface area contributed by atoms with E-state index < -0.39 is 10.0 Å². The molecule has 5 aromatic rings. The highest BCUT2D eigenvalue weighted by Gasteiger charge is 2.23. The van der Waals surface area contributed by atoms with Gasteiger partial charge in [0.1, 0.15) is 0 Å². The van der Waals surface area contributed by atoms with Crippen molar-refractivity contribution in [3.05, 3.63) is 126 Å². The molecule has 0 aliphatic rings. The van der Waals surface area contributed by atoms with Gasteiger partial charge in [0, 0.05) is 62.0 Å². The lowest BCUT2D eigenvalue weighted by atomic mass is 9.90. The number of hydrogen-bond donors (Lipinski definition) is 2. The first kappa shape index (κ1) is 27.0. The summed E-state index contributed by atoms with van der Waals surface area (Å²) in [5, 5.41) is 4.18. The summed E-state index contributed by atoms with van der Waals surface area (Å²) in [5.74, 6) is -0.356. The first-order chi connectivity index (χ1) is 19.3. The first-order valence-corrected chi connectivity index (χ1v) is 14.5. The van der Waals surface area contributed by atoms with E-state index in [0.29, 0.717) is 17.8 Å². The Bertz CT molecular complexity index is 1710. The number of fused-ring (bicyclic) bond motifs is 1. The van der Waals surface area contributed by atoms with Crippen LogP contribution in [0.4, 0.5) is 11.4 Å². The predicted octanol–water partition coefficient (Wildman–Crippen LogP) is 5.62. The number of para-hydroxylation sites is 2. The number of nitrogens with zero attached hydrogens (tertiary/aromatic N) is 2. The van der Waals surface area contributed by atoms with Crippen LogP contribution >= 0.6 is 0 Å². The van der Waals surface area contributed by atoms with E-state index in [0.717, 1.165) is 27.7 Å². The quantitative estimate of drug-likeness (QED) is 0.249. The molecule has 0 saturated heterocycles. The van der Waals surface area contributed by atoms with Crippen molar-refractivity contribution < 1.29 is 13.2 Å². The maximum Gasteiger partial charge on any atom is 0.264 e. The Morgan fingerprint density at radius 3 is 2.12 bits per heavy atom. The van der Waals surface area contributed by atoms with E-state index in [1.807, 2.05) is 49.5 Å². The molecule has 40 heavy (non-hydrogen) atoms. The second kappa shape index (κ2) is 11.3. The Hall–Kier alpha value is -4.56. The smallest absolute Gasteiger partial charge is 0.264 e. The molecular weight excluding hydrogens is 520 g/mol. The Morgan fingerprint density at radius 2 is 1.45 bits per heavy atom. The Morgan fingerprint density at radius 1 is 0.800 bits per heavy atom. The highest BCUT2D eigenvalue weighted by Crippen LogP contribution is 2.31. The third-order valence-corrected chi connectivity index (χ3v) is 8.97. The van der Waals surface area contributed by atoms with Gasteiger partial charge in [-0.1, -0.05) is 48.5 Å². The maximum atomic E-state index is 13.2. The van der Waals surface area contributed by atoms with Crippen LogP contribution in [0.1, 0.15) is 27.4 Å². The Kier molecular flexibility index (Phi) is 7.62. The largest absolute Gasteiger partial charge is 0.378 e. The van der Waals surface area contributed by atoms with Crippen LogP contribution in [0.2, 0.25) is 0 Å². The fourth-order valence-corrected chi connectivity index (χ4v) is 6.00. The summed E-state index contributed by atoms with van der Waals surface area (Å²) < 4.78 is 27.5. The third kappa shape index (κ3) is 5.44. The molecule has 2 N–H and O–H groups in total. The van der Waals surface area contributed by atoms with Crippen molar-refractivity contribution >= 4 is 38.2 Å². The standard InChI is InChI=1S/C32H32N4O3S/c1-35(2)25-17-13-23(14-18-25)29(30-22-33-31-12-8-7-11-28(30)31)21-34-32(37)24-15-19-27(20-16-24)40(38,39)36(3)26-9-5-4-6-10-26/h4-20,22,29,33H,21H2,1-3H3,(H,34,37). The van der Waals surface area contributed by atoms with Crippen LogP contribution in [0.3, 0.4) is 0 Å². The zero-order valence-electron chi connectivity index (χ0n) is 22.7. The molecule has 0 saturated carbocycles. The van der Waals surface area contributed by atoms with Gasteiger partial charge < -0.3 is 15.2 Å². The number of aromatic amines is 1. The Balaban J connectivity index is 1.36. The Labute approximate surface area is 235 Å². The molecule has 1 atom stereocenters. The minimum absolute atomic E-state index is 0.0875. The molecule has 204 valence electrons. The summed E-state index contributed by atoms with van der Waals surface area (Å²) >= 11 is 0. The molecule has 0 aliphatic carbocycles. The molecule has 1 unspecified atom stereocenters. The second-order valence-electron chi connectivity index (χ2n) is 9.87. The van der Waals surface area contributed by atoms with Gasteiger partial charge in [-0.15, -0.1) is 0 Å². The van der Waals surface area contributed by atoms with Crippen molar-refractivity contribution in [2.75, 3.05) is 36.9 Å². The van der Waals surface area contributed by atoms with Crippen LogP contribution in [0.15, 0.2) is 114 Å². The van der Waals surface area contributed by atoms with Crippen molar-refractivity contribution in [2.45, 2.75) is 10.8 Å². The van der Waals surface area contributed by atoms with Gasteiger partial charge in [-0.05, 0) is 65.7 Å². The molecule has 0 radical (unpaired) electrons. The molecule has 8 heteroatoms. The molecule has 1 heterocycles. The van der Waals surface area contributed by atoms with Crippen LogP contribution in [-0.4, -0.2) is 47.0 Å². The number of nitrogens with one attached hydrogen (secondary N) is 2. The lowest BCUT2D eigenvalue weighted by molar-refractivity contribution is 0.0952. The van der Waals surface area contributed by atoms with Gasteiger partial charge in [-0.3, -0.25) is 9.10 Å². The van der Waals surface area contributed by atoms with E-state index in [2.05, 4.69) is 40.6 Å². The van der Waals surface area contributed by atoms with E-state index in [1.165, 1.54) is 23.5 Å². The van der Waals surface area contributed by atoms with E-state index in [-0.39, 0.29) is 16.7 Å². The zero-order valence-corrected chi connectivity index (χ0v) is 23.5. The summed E-state index contributed by atoms with van der Waals surface area (Å²) in [7, 11) is 1.76. The number of amides is 1. The number of rotatable bonds is 9. The number of H-pyrrole nitrogens is 1. The highest BCUT2D eigenvalue weighted by molar-refractivity contribution is 7.92. The number of benzene rings is 4. The summed E-state index contributed by atoms with van der Waals surface area (Å²) in [4.78, 5) is 18.7. The van der Waals surface area contributed by atoms with Gasteiger partial charge in [-0.2, -0.15) is 0 Å². The molecule has 0 spiro atoms. The molecule has 4 aromatic carbocycles. The zero-order chi connectivity index (χ0) is 28.3. The predicted molar refractivity (Wildman–Crippen MR) is 162 cm³/mol. The average Bonchev–Trinajstić information content (AvgIpc) is 3.41. The summed E-state index contributed by atoms with van der Waals surface area (Å²) in [6.07, 6.45) is 2.00. The molecule has 1 amide bonds. The molecule has 0 fully saturated rings. The summed E-state index contributed by atoms with van der Waals surface area (Å²) in [6.45, 7) is 0.374. The number of anilines is 2. The average molecular weight is 553 g/mol. The van der Waals surface area contributed by atoms with Gasteiger partial charge in [0.05, 0.1) is 10.6 Å². The SMILES string of the molecule is CN(C)c1ccc(C(CNC(=O)c2ccc(S(=O)(=O)N(C)c3ccccc3)cc2)c2c[nH]c3ccccc23)cc1. The van der Waals surface area contributed by atoms with Crippen molar-refractivity contribution in [2.24, 2.45) is 0 Å². The van der Waals surface area contributed by atoms with Crippen LogP contribution in [0.5, 0.6) is 0 Å². The third-order valence-electron chi connectivity index (χ3n) is 7.17. The van der Waals surface area contributed by atoms with Crippen molar-refractivity contribution in [3.63, 3.8) is 0 Å². The van der Waals surface area contributed by atoms with Crippen molar-refractivity contribution in [1.29, 1.82) is 0 Å². The fourth-order valence-electron chi connectivity index (χ4n) is 4.80. The van der Waals surface area contributed by atoms with Gasteiger partial charge >= 0.3 is 0 Å². The van der Waals surface area contributed by atoms with E-state index >= 15 is 0 Å². The maximum absolute atomic E-state index is 13.2. The lowest BCUT2D eigenvalue weighted by Crippen LogP contribution is -2.29. The normalized spacial score (nSPS) is 12.2. The molecule has 7 nitrogen and oxygen atoms in total. The molecule has 1 aromatic heterocycles. The van der Waals surface area contributed by atoms with Crippen molar-refractivity contribution in [3.8, 4) is 0 Å². The number of carbonyl (C=O) groups excluding carboxylic acids is 1. The number of sulfonamides is 1.